The summed E-state index contributed by atoms with van der Waals surface area (Å²) in [6, 6.07) is 1.98. The maximum Gasteiger partial charge on any atom is 0.323 e. The average molecular weight is 320 g/mol. The first-order chi connectivity index (χ1) is 10.2. The molecule has 21 heavy (non-hydrogen) atoms. The highest BCUT2D eigenvalue weighted by Crippen LogP contribution is 2.52. The Morgan fingerprint density at radius 1 is 1.33 bits per heavy atom. The number of thiophene rings is 1. The number of nitrogens with one attached hydrogen (secondary N) is 1. The molecule has 1 N–H and O–H groups in total. The molecular formula is C14H16N4OS2. The molecule has 0 bridgehead atoms. The van der Waals surface area contributed by atoms with Gasteiger partial charge in [0, 0.05) is 24.0 Å². The topological polar surface area (TPSA) is 58.1 Å². The number of amides is 2. The van der Waals surface area contributed by atoms with Gasteiger partial charge in [-0.15, -0.1) is 10.2 Å². The minimum atomic E-state index is -0.0333. The highest BCUT2D eigenvalue weighted by Gasteiger charge is 2.46. The van der Waals surface area contributed by atoms with Crippen LogP contribution in [0.2, 0.25) is 0 Å². The first-order valence-electron chi connectivity index (χ1n) is 7.16. The molecule has 1 saturated heterocycles. The van der Waals surface area contributed by atoms with Crippen LogP contribution in [-0.4, -0.2) is 34.2 Å². The van der Waals surface area contributed by atoms with Crippen molar-refractivity contribution in [1.82, 2.24) is 15.1 Å². The quantitative estimate of drug-likeness (QED) is 0.918. The number of nitrogens with zero attached hydrogens (tertiary/aromatic N) is 3. The van der Waals surface area contributed by atoms with Crippen molar-refractivity contribution < 1.29 is 4.79 Å². The van der Waals surface area contributed by atoms with E-state index >= 15 is 0 Å². The summed E-state index contributed by atoms with van der Waals surface area (Å²) >= 11 is 3.05. The molecule has 3 heterocycles. The Balaban J connectivity index is 1.42. The van der Waals surface area contributed by atoms with Crippen LogP contribution in [0.5, 0.6) is 0 Å². The Bertz CT molecular complexity index is 648. The van der Waals surface area contributed by atoms with Crippen LogP contribution in [0, 0.1) is 5.41 Å². The predicted octanol–water partition coefficient (Wildman–Crippen LogP) is 3.67. The van der Waals surface area contributed by atoms with Crippen molar-refractivity contribution in [2.24, 2.45) is 5.41 Å². The van der Waals surface area contributed by atoms with Crippen LogP contribution < -0.4 is 5.32 Å². The maximum absolute atomic E-state index is 12.3. The second-order valence-electron chi connectivity index (χ2n) is 5.88. The summed E-state index contributed by atoms with van der Waals surface area (Å²) in [6.07, 6.45) is 4.94. The molecule has 7 heteroatoms. The van der Waals surface area contributed by atoms with Crippen LogP contribution >= 0.6 is 22.7 Å². The van der Waals surface area contributed by atoms with Crippen LogP contribution in [0.1, 0.15) is 25.7 Å². The van der Waals surface area contributed by atoms with Gasteiger partial charge in [0.1, 0.15) is 5.01 Å². The molecule has 2 aliphatic rings. The van der Waals surface area contributed by atoms with Crippen molar-refractivity contribution in [3.05, 3.63) is 16.8 Å². The Morgan fingerprint density at radius 3 is 3.00 bits per heavy atom. The molecule has 0 atom stereocenters. The van der Waals surface area contributed by atoms with E-state index in [4.69, 9.17) is 0 Å². The first-order valence-corrected chi connectivity index (χ1v) is 8.92. The number of hydrogen-bond acceptors (Lipinski definition) is 5. The molecule has 0 radical (unpaired) electrons. The molecule has 4 rings (SSSR count). The third-order valence-electron chi connectivity index (χ3n) is 4.31. The molecule has 2 amide bonds. The number of hydrogen-bond donors (Lipinski definition) is 1. The number of urea groups is 1. The summed E-state index contributed by atoms with van der Waals surface area (Å²) in [5.74, 6) is 0. The Labute approximate surface area is 131 Å². The van der Waals surface area contributed by atoms with Gasteiger partial charge < -0.3 is 4.90 Å². The zero-order valence-electron chi connectivity index (χ0n) is 11.5. The van der Waals surface area contributed by atoms with Gasteiger partial charge in [-0.3, -0.25) is 5.32 Å². The van der Waals surface area contributed by atoms with E-state index < -0.39 is 0 Å². The van der Waals surface area contributed by atoms with Crippen LogP contribution in [0.4, 0.5) is 9.93 Å². The van der Waals surface area contributed by atoms with Gasteiger partial charge >= 0.3 is 6.03 Å². The van der Waals surface area contributed by atoms with Crippen LogP contribution in [0.25, 0.3) is 10.6 Å². The van der Waals surface area contributed by atoms with E-state index in [9.17, 15) is 4.79 Å². The van der Waals surface area contributed by atoms with Crippen molar-refractivity contribution in [2.45, 2.75) is 25.7 Å². The van der Waals surface area contributed by atoms with Crippen molar-refractivity contribution in [3.63, 3.8) is 0 Å². The van der Waals surface area contributed by atoms with Crippen LogP contribution in [0.3, 0.4) is 0 Å². The average Bonchev–Trinajstić information content (AvgIpc) is 2.95. The number of piperidine rings is 1. The lowest BCUT2D eigenvalue weighted by Crippen LogP contribution is -2.43. The van der Waals surface area contributed by atoms with Gasteiger partial charge in [0.25, 0.3) is 0 Å². The first kappa shape index (κ1) is 13.2. The molecule has 1 aliphatic carbocycles. The monoisotopic (exact) mass is 320 g/mol. The number of aromatic nitrogens is 2. The Morgan fingerprint density at radius 2 is 2.24 bits per heavy atom. The summed E-state index contributed by atoms with van der Waals surface area (Å²) in [6.45, 7) is 1.75. The van der Waals surface area contributed by atoms with Crippen molar-refractivity contribution in [3.8, 4) is 10.6 Å². The highest BCUT2D eigenvalue weighted by atomic mass is 32.1. The fourth-order valence-electron chi connectivity index (χ4n) is 2.91. The fourth-order valence-corrected chi connectivity index (χ4v) is 4.36. The number of carbonyl (C=O) groups is 1. The number of rotatable bonds is 2. The zero-order chi connectivity index (χ0) is 14.3. The maximum atomic E-state index is 12.3. The van der Waals surface area contributed by atoms with Crippen LogP contribution in [-0.2, 0) is 0 Å². The van der Waals surface area contributed by atoms with Gasteiger partial charge in [-0.2, -0.15) is 11.3 Å². The van der Waals surface area contributed by atoms with Crippen molar-refractivity contribution in [2.75, 3.05) is 18.4 Å². The Hall–Kier alpha value is -1.47. The van der Waals surface area contributed by atoms with Crippen molar-refractivity contribution in [1.29, 1.82) is 0 Å². The fraction of sp³-hybridized carbons (Fsp3) is 0.500. The van der Waals surface area contributed by atoms with Gasteiger partial charge in [0.15, 0.2) is 0 Å². The lowest BCUT2D eigenvalue weighted by molar-refractivity contribution is 0.170. The molecule has 110 valence electrons. The van der Waals surface area contributed by atoms with Crippen LogP contribution in [0.15, 0.2) is 16.8 Å². The standard InChI is InChI=1S/C14H16N4OS2/c19-13(18-6-1-3-14(9-18)4-5-14)15-12-17-16-11(21-12)10-2-7-20-8-10/h2,7-8H,1,3-6,9H2,(H,15,17,19). The molecular weight excluding hydrogens is 304 g/mol. The van der Waals surface area contributed by atoms with Gasteiger partial charge in [0.2, 0.25) is 5.13 Å². The van der Waals surface area contributed by atoms with Gasteiger partial charge in [-0.05, 0) is 42.5 Å². The van der Waals surface area contributed by atoms with E-state index in [1.54, 1.807) is 11.3 Å². The SMILES string of the molecule is O=C(Nc1nnc(-c2ccsc2)s1)N1CCCC2(CC2)C1. The minimum Gasteiger partial charge on any atom is -0.324 e. The van der Waals surface area contributed by atoms with E-state index in [0.29, 0.717) is 10.5 Å². The molecule has 1 spiro atoms. The lowest BCUT2D eigenvalue weighted by Gasteiger charge is -2.32. The highest BCUT2D eigenvalue weighted by molar-refractivity contribution is 7.19. The van der Waals surface area contributed by atoms with Gasteiger partial charge in [0.05, 0.1) is 0 Å². The summed E-state index contributed by atoms with van der Waals surface area (Å²) in [7, 11) is 0. The predicted molar refractivity (Wildman–Crippen MR) is 84.7 cm³/mol. The normalized spacial score (nSPS) is 19.7. The summed E-state index contributed by atoms with van der Waals surface area (Å²) < 4.78 is 0. The largest absolute Gasteiger partial charge is 0.324 e. The molecule has 2 fully saturated rings. The zero-order valence-corrected chi connectivity index (χ0v) is 13.2. The third kappa shape index (κ3) is 2.67. The van der Waals surface area contributed by atoms with Gasteiger partial charge in [-0.25, -0.2) is 4.79 Å². The summed E-state index contributed by atoms with van der Waals surface area (Å²) in [4.78, 5) is 14.3. The minimum absolute atomic E-state index is 0.0333. The second kappa shape index (κ2) is 5.06. The van der Waals surface area contributed by atoms with E-state index in [1.165, 1.54) is 30.6 Å². The second-order valence-corrected chi connectivity index (χ2v) is 7.64. The van der Waals surface area contributed by atoms with Crippen molar-refractivity contribution >= 4 is 33.8 Å². The number of likely N-dealkylation sites (tertiary alicyclic amines) is 1. The molecule has 0 unspecified atom stereocenters. The molecule has 0 aromatic carbocycles. The van der Waals surface area contributed by atoms with E-state index in [0.717, 1.165) is 30.1 Å². The smallest absolute Gasteiger partial charge is 0.323 e. The lowest BCUT2D eigenvalue weighted by atomic mass is 9.95. The summed E-state index contributed by atoms with van der Waals surface area (Å²) in [5.41, 5.74) is 1.51. The van der Waals surface area contributed by atoms with Gasteiger partial charge in [-0.1, -0.05) is 11.3 Å². The molecule has 1 aliphatic heterocycles. The molecule has 2 aromatic rings. The number of anilines is 1. The summed E-state index contributed by atoms with van der Waals surface area (Å²) in [5, 5.41) is 16.6. The Kier molecular flexibility index (Phi) is 3.19. The van der Waals surface area contributed by atoms with E-state index in [1.807, 2.05) is 21.7 Å². The molecule has 1 saturated carbocycles. The van der Waals surface area contributed by atoms with E-state index in [2.05, 4.69) is 15.5 Å². The van der Waals surface area contributed by atoms with E-state index in [-0.39, 0.29) is 6.03 Å². The molecule has 2 aromatic heterocycles. The number of carbonyl (C=O) groups excluding carboxylic acids is 1. The third-order valence-corrected chi connectivity index (χ3v) is 5.88. The molecule has 5 nitrogen and oxygen atoms in total.